The zero-order valence-electron chi connectivity index (χ0n) is 62.4. The Hall–Kier alpha value is -8.11. The number of carbonyl (C=O) groups excluding carboxylic acids is 15. The van der Waals surface area contributed by atoms with Crippen molar-refractivity contribution in [3.63, 3.8) is 0 Å². The molecule has 0 aromatic rings. The van der Waals surface area contributed by atoms with Gasteiger partial charge < -0.3 is 104 Å². The predicted octanol–water partition coefficient (Wildman–Crippen LogP) is -3.45. The van der Waals surface area contributed by atoms with Gasteiger partial charge in [0.2, 0.25) is 88.6 Å². The molecule has 0 aliphatic rings. The molecule has 0 rings (SSSR count). The van der Waals surface area contributed by atoms with E-state index in [-0.39, 0.29) is 113 Å². The van der Waals surface area contributed by atoms with Crippen LogP contribution in [0, 0.1) is 35.5 Å². The van der Waals surface area contributed by atoms with Crippen LogP contribution in [0.2, 0.25) is 0 Å². The Morgan fingerprint density at radius 1 is 0.287 bits per heavy atom. The van der Waals surface area contributed by atoms with E-state index >= 15 is 0 Å². The minimum atomic E-state index is -1.49. The first kappa shape index (κ1) is 92.9. The Morgan fingerprint density at radius 2 is 0.535 bits per heavy atom. The molecular formula is C67H125N19O15. The number of hydrogen-bond acceptors (Lipinski definition) is 19. The predicted molar refractivity (Wildman–Crippen MR) is 380 cm³/mol. The van der Waals surface area contributed by atoms with E-state index in [2.05, 4.69) is 69.1 Å². The van der Waals surface area contributed by atoms with Crippen molar-refractivity contribution in [1.82, 2.24) is 69.1 Å². The van der Waals surface area contributed by atoms with Crippen LogP contribution < -0.4 is 104 Å². The summed E-state index contributed by atoms with van der Waals surface area (Å²) in [7, 11) is 0. The van der Waals surface area contributed by atoms with Crippen LogP contribution in [0.4, 0.5) is 0 Å². The highest BCUT2D eigenvalue weighted by molar-refractivity contribution is 6.00. The van der Waals surface area contributed by atoms with E-state index < -0.39 is 186 Å². The highest BCUT2D eigenvalue weighted by Crippen LogP contribution is 2.15. The van der Waals surface area contributed by atoms with Gasteiger partial charge in [-0.3, -0.25) is 71.9 Å². The van der Waals surface area contributed by atoms with Crippen molar-refractivity contribution in [1.29, 1.82) is 0 Å². The van der Waals surface area contributed by atoms with Gasteiger partial charge in [0.1, 0.15) is 78.5 Å². The number of rotatable bonds is 50. The lowest BCUT2D eigenvalue weighted by atomic mass is 9.96. The zero-order valence-corrected chi connectivity index (χ0v) is 62.4. The maximum absolute atomic E-state index is 14.0. The lowest BCUT2D eigenvalue weighted by Gasteiger charge is -2.29. The molecule has 0 heterocycles. The molecular weight excluding hydrogens is 1310 g/mol. The molecule has 0 aliphatic heterocycles. The van der Waals surface area contributed by atoms with Gasteiger partial charge in [0.05, 0.1) is 12.5 Å². The molecule has 34 heteroatoms. The number of hydrogen-bond donors (Lipinski definition) is 19. The molecule has 0 saturated carbocycles. The lowest BCUT2D eigenvalue weighted by Crippen LogP contribution is -2.60. The number of nitrogens with two attached hydrogens (primary N) is 6. The van der Waals surface area contributed by atoms with Gasteiger partial charge in [0, 0.05) is 0 Å². The molecule has 0 spiro atoms. The van der Waals surface area contributed by atoms with Crippen molar-refractivity contribution >= 4 is 88.6 Å². The molecule has 0 saturated heterocycles. The van der Waals surface area contributed by atoms with E-state index in [1.165, 1.54) is 27.7 Å². The van der Waals surface area contributed by atoms with E-state index in [0.717, 1.165) is 0 Å². The molecule has 25 N–H and O–H groups in total. The molecule has 0 aromatic carbocycles. The summed E-state index contributed by atoms with van der Waals surface area (Å²) in [5.41, 5.74) is 34.4. The second-order valence-electron chi connectivity index (χ2n) is 28.1. The van der Waals surface area contributed by atoms with Gasteiger partial charge in [-0.05, 0) is 147 Å². The van der Waals surface area contributed by atoms with Gasteiger partial charge in [-0.2, -0.15) is 0 Å². The Labute approximate surface area is 595 Å². The van der Waals surface area contributed by atoms with Crippen molar-refractivity contribution in [3.8, 4) is 0 Å². The van der Waals surface area contributed by atoms with Crippen LogP contribution in [-0.4, -0.2) is 193 Å². The Kier molecular flexibility index (Phi) is 44.1. The summed E-state index contributed by atoms with van der Waals surface area (Å²) in [5.74, 6) is -13.2. The minimum absolute atomic E-state index is 0.00559. The van der Waals surface area contributed by atoms with Gasteiger partial charge in [-0.25, -0.2) is 0 Å². The molecule has 16 atom stereocenters. The summed E-state index contributed by atoms with van der Waals surface area (Å²) < 4.78 is 0. The van der Waals surface area contributed by atoms with Crippen molar-refractivity contribution < 1.29 is 71.9 Å². The number of carbonyl (C=O) groups is 15. The molecule has 15 amide bonds. The summed E-state index contributed by atoms with van der Waals surface area (Å²) in [5, 5.41) is 33.7. The normalized spacial score (nSPS) is 16.2. The average molecular weight is 1440 g/mol. The summed E-state index contributed by atoms with van der Waals surface area (Å²) in [6, 6.07) is -17.5. The van der Waals surface area contributed by atoms with Crippen LogP contribution in [0.1, 0.15) is 194 Å². The van der Waals surface area contributed by atoms with Crippen molar-refractivity contribution in [2.24, 2.45) is 69.9 Å². The largest absolute Gasteiger partial charge is 0.370 e. The van der Waals surface area contributed by atoms with Gasteiger partial charge in [0.25, 0.3) is 0 Å². The highest BCUT2D eigenvalue weighted by Gasteiger charge is 2.38. The van der Waals surface area contributed by atoms with E-state index in [4.69, 9.17) is 34.4 Å². The standard InChI is InChI=1S/C67H125N19O15/c1-17-37(11)52(72)66(100)85-50(32-51(71)87)65(99)84-49(31-36(9)10)64(98)80-43(22-19-25-68)59(93)75-42(16)58(92)83-47(29-34(5)6)62(96)76-39(13)55(89)74-40(14)57(91)82-48(30-35(7)8)63(97)77-41(15)56(90)78-44(23-20-26-69)60(94)79-45(24-21-27-70)61(95)86-53(38(12)18-2)67(101)81-46(54(73)88)28-33(3)4/h33-50,52-53H,17-32,68-70,72H2,1-16H3,(H2,71,87)(H2,73,88)(H,74,89)(H,75,93)(H,76,96)(H,77,97)(H,78,90)(H,79,94)(H,80,98)(H,81,101)(H,82,91)(H,83,92)(H,84,99)(H,85,100)(H,86,95)/t37-,38-,39-,40-,41-,42-,43-,44-,45-,46-,47-,48-,49-,50-,52-,53-/m0/s1. The molecule has 578 valence electrons. The summed E-state index contributed by atoms with van der Waals surface area (Å²) in [6.07, 6.45) is 1.63. The molecule has 0 radical (unpaired) electrons. The molecule has 0 aromatic heterocycles. The molecule has 0 unspecified atom stereocenters. The smallest absolute Gasteiger partial charge is 0.243 e. The highest BCUT2D eigenvalue weighted by atomic mass is 16.2. The number of amides is 15. The lowest BCUT2D eigenvalue weighted by molar-refractivity contribution is -0.136. The third-order valence-electron chi connectivity index (χ3n) is 16.8. The zero-order chi connectivity index (χ0) is 77.7. The molecule has 0 aliphatic carbocycles. The van der Waals surface area contributed by atoms with Crippen LogP contribution in [0.25, 0.3) is 0 Å². The van der Waals surface area contributed by atoms with Crippen LogP contribution in [0.5, 0.6) is 0 Å². The fraction of sp³-hybridized carbons (Fsp3) is 0.776. The fourth-order valence-electron chi connectivity index (χ4n) is 10.3. The quantitative estimate of drug-likeness (QED) is 0.0282. The maximum atomic E-state index is 14.0. The third-order valence-corrected chi connectivity index (χ3v) is 16.8. The van der Waals surface area contributed by atoms with Gasteiger partial charge >= 0.3 is 0 Å². The number of nitrogens with one attached hydrogen (secondary N) is 13. The van der Waals surface area contributed by atoms with Gasteiger partial charge in [-0.15, -0.1) is 0 Å². The molecule has 34 nitrogen and oxygen atoms in total. The third kappa shape index (κ3) is 35.9. The van der Waals surface area contributed by atoms with Crippen molar-refractivity contribution in [2.45, 2.75) is 279 Å². The Morgan fingerprint density at radius 3 is 0.861 bits per heavy atom. The Bertz CT molecular complexity index is 2740. The van der Waals surface area contributed by atoms with Gasteiger partial charge in [0.15, 0.2) is 0 Å². The monoisotopic (exact) mass is 1440 g/mol. The van der Waals surface area contributed by atoms with Crippen molar-refractivity contribution in [2.75, 3.05) is 19.6 Å². The van der Waals surface area contributed by atoms with Crippen LogP contribution in [0.3, 0.4) is 0 Å². The fourth-order valence-corrected chi connectivity index (χ4v) is 10.3. The second kappa shape index (κ2) is 47.9. The van der Waals surface area contributed by atoms with Crippen LogP contribution >= 0.6 is 0 Å². The minimum Gasteiger partial charge on any atom is -0.370 e. The maximum Gasteiger partial charge on any atom is 0.243 e. The second-order valence-corrected chi connectivity index (χ2v) is 28.1. The van der Waals surface area contributed by atoms with Gasteiger partial charge in [-0.1, -0.05) is 95.9 Å². The molecule has 0 bridgehead atoms. The SMILES string of the molecule is CC[C@H](C)[C@H](N)C(=O)N[C@@H](CC(N)=O)C(=O)N[C@@H](CC(C)C)C(=O)N[C@@H](CCCN)C(=O)N[C@@H](C)C(=O)N[C@@H](CC(C)C)C(=O)N[C@@H](C)C(=O)N[C@@H](C)C(=O)N[C@@H](CC(C)C)C(=O)N[C@@H](C)C(=O)N[C@@H](CCCN)C(=O)N[C@@H](CCCN)C(=O)N[C@H](C(=O)N[C@@H](CC(C)C)C(N)=O)[C@@H](C)CC. The summed E-state index contributed by atoms with van der Waals surface area (Å²) in [6.45, 7) is 27.2. The van der Waals surface area contributed by atoms with E-state index in [9.17, 15) is 71.9 Å². The average Bonchev–Trinajstić information content (AvgIpc) is 0.883. The molecule has 0 fully saturated rings. The first-order valence-electron chi connectivity index (χ1n) is 35.5. The summed E-state index contributed by atoms with van der Waals surface area (Å²) >= 11 is 0. The Balaban J connectivity index is 6.25. The molecule has 101 heavy (non-hydrogen) atoms. The van der Waals surface area contributed by atoms with E-state index in [1.54, 1.807) is 55.4 Å². The first-order chi connectivity index (χ1) is 47.1. The van der Waals surface area contributed by atoms with Crippen LogP contribution in [-0.2, 0) is 71.9 Å². The van der Waals surface area contributed by atoms with E-state index in [1.807, 2.05) is 27.7 Å². The first-order valence-corrected chi connectivity index (χ1v) is 35.5. The van der Waals surface area contributed by atoms with Crippen LogP contribution in [0.15, 0.2) is 0 Å². The van der Waals surface area contributed by atoms with Crippen molar-refractivity contribution in [3.05, 3.63) is 0 Å². The topological polar surface area (TPSA) is 569 Å². The summed E-state index contributed by atoms with van der Waals surface area (Å²) in [4.78, 5) is 203. The van der Waals surface area contributed by atoms with E-state index in [0.29, 0.717) is 12.8 Å². The number of primary amides is 2.